The van der Waals surface area contributed by atoms with Crippen LogP contribution in [0, 0.1) is 5.92 Å². The molecule has 0 aliphatic heterocycles. The summed E-state index contributed by atoms with van der Waals surface area (Å²) in [6, 6.07) is 10.9. The number of hydrogen-bond acceptors (Lipinski definition) is 4. The van der Waals surface area contributed by atoms with Crippen LogP contribution in [0.2, 0.25) is 0 Å². The number of carbonyl (C=O) groups is 2. The minimum atomic E-state index is -0.440. The molecule has 6 heteroatoms. The van der Waals surface area contributed by atoms with E-state index < -0.39 is 5.91 Å². The van der Waals surface area contributed by atoms with Crippen LogP contribution >= 0.6 is 11.8 Å². The first-order valence-electron chi connectivity index (χ1n) is 9.14. The average Bonchev–Trinajstić information content (AvgIpc) is 2.65. The SMILES string of the molecule is CC(C)CCC(C)NC(=O)c1cccnc1SCc1ccc(C(N)=O)cc1. The number of hydrogen-bond donors (Lipinski definition) is 2. The zero-order chi connectivity index (χ0) is 19.8. The minimum Gasteiger partial charge on any atom is -0.366 e. The maximum absolute atomic E-state index is 12.6. The molecule has 5 nitrogen and oxygen atoms in total. The van der Waals surface area contributed by atoms with Gasteiger partial charge in [-0.3, -0.25) is 9.59 Å². The molecular formula is C21H27N3O2S. The normalized spacial score (nSPS) is 12.0. The molecule has 0 bridgehead atoms. The van der Waals surface area contributed by atoms with Gasteiger partial charge in [0, 0.05) is 23.6 Å². The van der Waals surface area contributed by atoms with Crippen LogP contribution in [0.1, 0.15) is 59.9 Å². The van der Waals surface area contributed by atoms with Crippen LogP contribution in [0.3, 0.4) is 0 Å². The van der Waals surface area contributed by atoms with Crippen molar-refractivity contribution in [2.24, 2.45) is 11.7 Å². The van der Waals surface area contributed by atoms with E-state index in [2.05, 4.69) is 24.1 Å². The fourth-order valence-electron chi connectivity index (χ4n) is 2.55. The van der Waals surface area contributed by atoms with Crippen LogP contribution in [-0.2, 0) is 5.75 Å². The van der Waals surface area contributed by atoms with E-state index in [1.165, 1.54) is 11.8 Å². The maximum atomic E-state index is 12.6. The quantitative estimate of drug-likeness (QED) is 0.638. The number of amides is 2. The first kappa shape index (κ1) is 21.0. The molecule has 3 N–H and O–H groups in total. The van der Waals surface area contributed by atoms with Gasteiger partial charge in [0.15, 0.2) is 0 Å². The highest BCUT2D eigenvalue weighted by atomic mass is 32.2. The molecule has 0 saturated carbocycles. The van der Waals surface area contributed by atoms with Gasteiger partial charge < -0.3 is 11.1 Å². The lowest BCUT2D eigenvalue weighted by Gasteiger charge is -2.16. The van der Waals surface area contributed by atoms with Crippen molar-refractivity contribution in [1.29, 1.82) is 0 Å². The van der Waals surface area contributed by atoms with Gasteiger partial charge in [-0.05, 0) is 55.5 Å². The Hall–Kier alpha value is -2.34. The Morgan fingerprint density at radius 1 is 1.11 bits per heavy atom. The maximum Gasteiger partial charge on any atom is 0.254 e. The lowest BCUT2D eigenvalue weighted by atomic mass is 10.0. The number of benzene rings is 1. The van der Waals surface area contributed by atoms with E-state index in [-0.39, 0.29) is 11.9 Å². The number of nitrogens with one attached hydrogen (secondary N) is 1. The topological polar surface area (TPSA) is 85.1 Å². The molecule has 0 aliphatic rings. The number of aromatic nitrogens is 1. The van der Waals surface area contributed by atoms with Crippen molar-refractivity contribution in [2.75, 3.05) is 0 Å². The summed E-state index contributed by atoms with van der Waals surface area (Å²) in [6.07, 6.45) is 3.73. The third kappa shape index (κ3) is 6.71. The largest absolute Gasteiger partial charge is 0.366 e. The third-order valence-electron chi connectivity index (χ3n) is 4.18. The highest BCUT2D eigenvalue weighted by Gasteiger charge is 2.15. The van der Waals surface area contributed by atoms with Crippen molar-refractivity contribution >= 4 is 23.6 Å². The number of carbonyl (C=O) groups excluding carboxylic acids is 2. The van der Waals surface area contributed by atoms with Gasteiger partial charge in [0.2, 0.25) is 5.91 Å². The molecule has 0 radical (unpaired) electrons. The lowest BCUT2D eigenvalue weighted by molar-refractivity contribution is 0.0932. The molecule has 1 unspecified atom stereocenters. The molecule has 1 atom stereocenters. The fraction of sp³-hybridized carbons (Fsp3) is 0.381. The van der Waals surface area contributed by atoms with Crippen molar-refractivity contribution in [2.45, 2.75) is 50.4 Å². The highest BCUT2D eigenvalue weighted by Crippen LogP contribution is 2.24. The summed E-state index contributed by atoms with van der Waals surface area (Å²) in [6.45, 7) is 6.39. The van der Waals surface area contributed by atoms with E-state index in [1.54, 1.807) is 30.5 Å². The van der Waals surface area contributed by atoms with Crippen molar-refractivity contribution in [3.05, 3.63) is 59.3 Å². The van der Waals surface area contributed by atoms with Gasteiger partial charge in [0.05, 0.1) is 5.56 Å². The van der Waals surface area contributed by atoms with E-state index in [9.17, 15) is 9.59 Å². The predicted molar refractivity (Wildman–Crippen MR) is 110 cm³/mol. The first-order chi connectivity index (χ1) is 12.9. The van der Waals surface area contributed by atoms with E-state index in [0.29, 0.717) is 27.8 Å². The zero-order valence-corrected chi connectivity index (χ0v) is 16.9. The predicted octanol–water partition coefficient (Wildman–Crippen LogP) is 4.03. The molecule has 0 fully saturated rings. The van der Waals surface area contributed by atoms with Gasteiger partial charge in [-0.25, -0.2) is 4.98 Å². The summed E-state index contributed by atoms with van der Waals surface area (Å²) in [5.41, 5.74) is 7.37. The molecule has 0 spiro atoms. The Bertz CT molecular complexity index is 775. The second-order valence-corrected chi connectivity index (χ2v) is 8.02. The van der Waals surface area contributed by atoms with Crippen LogP contribution in [0.5, 0.6) is 0 Å². The van der Waals surface area contributed by atoms with Crippen molar-refractivity contribution < 1.29 is 9.59 Å². The first-order valence-corrected chi connectivity index (χ1v) is 10.1. The number of rotatable bonds is 9. The van der Waals surface area contributed by atoms with Gasteiger partial charge in [0.1, 0.15) is 5.03 Å². The molecule has 2 amide bonds. The molecule has 27 heavy (non-hydrogen) atoms. The highest BCUT2D eigenvalue weighted by molar-refractivity contribution is 7.98. The molecule has 2 rings (SSSR count). The van der Waals surface area contributed by atoms with Crippen LogP contribution in [0.25, 0.3) is 0 Å². The number of pyridine rings is 1. The summed E-state index contributed by atoms with van der Waals surface area (Å²) < 4.78 is 0. The lowest BCUT2D eigenvalue weighted by Crippen LogP contribution is -2.33. The molecule has 1 aromatic heterocycles. The number of thioether (sulfide) groups is 1. The monoisotopic (exact) mass is 385 g/mol. The molecule has 1 heterocycles. The second-order valence-electron chi connectivity index (χ2n) is 7.05. The minimum absolute atomic E-state index is 0.0917. The Morgan fingerprint density at radius 2 is 1.81 bits per heavy atom. The summed E-state index contributed by atoms with van der Waals surface area (Å²) in [5.74, 6) is 0.740. The molecular weight excluding hydrogens is 358 g/mol. The number of primary amides is 1. The zero-order valence-electron chi connectivity index (χ0n) is 16.1. The smallest absolute Gasteiger partial charge is 0.254 e. The summed E-state index contributed by atoms with van der Waals surface area (Å²) in [4.78, 5) is 28.2. The molecule has 1 aromatic carbocycles. The van der Waals surface area contributed by atoms with Crippen LogP contribution in [0.15, 0.2) is 47.6 Å². The Morgan fingerprint density at radius 3 is 2.44 bits per heavy atom. The van der Waals surface area contributed by atoms with Gasteiger partial charge in [0.25, 0.3) is 5.91 Å². The Labute approximate surface area is 165 Å². The van der Waals surface area contributed by atoms with Crippen molar-refractivity contribution in [3.8, 4) is 0 Å². The molecule has 0 aliphatic carbocycles. The van der Waals surface area contributed by atoms with Crippen LogP contribution < -0.4 is 11.1 Å². The van der Waals surface area contributed by atoms with E-state index in [0.717, 1.165) is 18.4 Å². The Balaban J connectivity index is 2.00. The van der Waals surface area contributed by atoms with Crippen molar-refractivity contribution in [3.63, 3.8) is 0 Å². The van der Waals surface area contributed by atoms with Gasteiger partial charge in [-0.1, -0.05) is 26.0 Å². The second kappa shape index (κ2) is 10.1. The molecule has 144 valence electrons. The van der Waals surface area contributed by atoms with E-state index in [4.69, 9.17) is 5.73 Å². The summed E-state index contributed by atoms with van der Waals surface area (Å²) in [7, 11) is 0. The van der Waals surface area contributed by atoms with E-state index >= 15 is 0 Å². The third-order valence-corrected chi connectivity index (χ3v) is 5.26. The number of nitrogens with two attached hydrogens (primary N) is 1. The Kier molecular flexibility index (Phi) is 7.85. The summed E-state index contributed by atoms with van der Waals surface area (Å²) >= 11 is 1.50. The standard InChI is InChI=1S/C21H27N3O2S/c1-14(2)6-7-15(3)24-20(26)18-5-4-12-23-21(18)27-13-16-8-10-17(11-9-16)19(22)25/h4-5,8-12,14-15H,6-7,13H2,1-3H3,(H2,22,25)(H,24,26). The average molecular weight is 386 g/mol. The fourth-order valence-corrected chi connectivity index (χ4v) is 3.50. The van der Waals surface area contributed by atoms with Crippen LogP contribution in [0.4, 0.5) is 0 Å². The summed E-state index contributed by atoms with van der Waals surface area (Å²) in [5, 5.41) is 3.77. The van der Waals surface area contributed by atoms with E-state index in [1.807, 2.05) is 19.1 Å². The van der Waals surface area contributed by atoms with Gasteiger partial charge in [-0.2, -0.15) is 0 Å². The van der Waals surface area contributed by atoms with Crippen LogP contribution in [-0.4, -0.2) is 22.8 Å². The van der Waals surface area contributed by atoms with Gasteiger partial charge in [-0.15, -0.1) is 11.8 Å². The molecule has 0 saturated heterocycles. The molecule has 2 aromatic rings. The van der Waals surface area contributed by atoms with Gasteiger partial charge >= 0.3 is 0 Å². The van der Waals surface area contributed by atoms with Crippen molar-refractivity contribution in [1.82, 2.24) is 10.3 Å². The number of nitrogens with zero attached hydrogens (tertiary/aromatic N) is 1.